The zero-order valence-electron chi connectivity index (χ0n) is 16.6. The normalized spacial score (nSPS) is 10.4. The maximum Gasteiger partial charge on any atom is 0.232 e. The van der Waals surface area contributed by atoms with Crippen molar-refractivity contribution >= 4 is 23.4 Å². The van der Waals surface area contributed by atoms with E-state index in [-0.39, 0.29) is 18.3 Å². The summed E-state index contributed by atoms with van der Waals surface area (Å²) in [4.78, 5) is 24.2. The summed E-state index contributed by atoms with van der Waals surface area (Å²) in [5.41, 5.74) is 8.43. The van der Waals surface area contributed by atoms with E-state index in [9.17, 15) is 4.79 Å². The van der Waals surface area contributed by atoms with Crippen molar-refractivity contribution in [2.75, 3.05) is 18.2 Å². The van der Waals surface area contributed by atoms with Crippen LogP contribution in [0, 0.1) is 0 Å². The maximum absolute atomic E-state index is 11.5. The predicted molar refractivity (Wildman–Crippen MR) is 111 cm³/mol. The second-order valence-corrected chi connectivity index (χ2v) is 6.28. The largest absolute Gasteiger partial charge is 0.493 e. The molecule has 150 valence electrons. The number of benzene rings is 2. The molecule has 0 unspecified atom stereocenters. The molecule has 0 aliphatic rings. The molecule has 0 atom stereocenters. The molecule has 0 saturated carbocycles. The Balaban J connectivity index is 1.78. The third-order valence-corrected chi connectivity index (χ3v) is 4.27. The molecule has 0 aliphatic carbocycles. The van der Waals surface area contributed by atoms with Crippen LogP contribution < -0.4 is 20.5 Å². The van der Waals surface area contributed by atoms with Crippen molar-refractivity contribution in [3.63, 3.8) is 0 Å². The molecule has 1 aromatic heterocycles. The van der Waals surface area contributed by atoms with Crippen molar-refractivity contribution in [2.24, 2.45) is 0 Å². The van der Waals surface area contributed by atoms with Gasteiger partial charge in [-0.15, -0.1) is 0 Å². The fourth-order valence-corrected chi connectivity index (χ4v) is 2.78. The number of nitrogen functional groups attached to an aromatic ring is 1. The number of anilines is 3. The predicted octanol–water partition coefficient (Wildman–Crippen LogP) is 3.55. The number of carbonyl (C=O) groups excluding carboxylic acids is 1. The summed E-state index contributed by atoms with van der Waals surface area (Å²) >= 11 is 0. The zero-order chi connectivity index (χ0) is 20.8. The van der Waals surface area contributed by atoms with E-state index in [1.807, 2.05) is 24.3 Å². The molecule has 0 saturated heterocycles. The molecular weight excluding hydrogens is 370 g/mol. The van der Waals surface area contributed by atoms with Gasteiger partial charge in [0.25, 0.3) is 0 Å². The molecule has 2 aromatic carbocycles. The summed E-state index contributed by atoms with van der Waals surface area (Å²) in [5, 5.41) is 3.19. The number of nitrogens with two attached hydrogens (primary N) is 1. The topological polar surface area (TPSA) is 112 Å². The van der Waals surface area contributed by atoms with Gasteiger partial charge >= 0.3 is 0 Å². The standard InChI is InChI=1S/C21H23N5O3/c1-4-14-7-5-6-8-16(14)23-21-25-19(24-20(22)26-21)12-29-17-10-9-15(13(2)27)11-18(17)28-3/h5-11H,4,12H2,1-3H3,(H3,22,23,24,25,26). The van der Waals surface area contributed by atoms with Crippen LogP contribution in [0.4, 0.5) is 17.6 Å². The van der Waals surface area contributed by atoms with Gasteiger partial charge in [0.1, 0.15) is 6.61 Å². The van der Waals surface area contributed by atoms with Gasteiger partial charge in [0.15, 0.2) is 23.1 Å². The first-order valence-electron chi connectivity index (χ1n) is 9.17. The minimum atomic E-state index is -0.0526. The highest BCUT2D eigenvalue weighted by atomic mass is 16.5. The number of nitrogens with one attached hydrogen (secondary N) is 1. The van der Waals surface area contributed by atoms with Crippen LogP contribution in [0.1, 0.15) is 35.6 Å². The number of aryl methyl sites for hydroxylation is 1. The molecule has 0 bridgehead atoms. The highest BCUT2D eigenvalue weighted by Crippen LogP contribution is 2.29. The Kier molecular flexibility index (Phi) is 6.23. The molecule has 0 spiro atoms. The van der Waals surface area contributed by atoms with E-state index in [2.05, 4.69) is 27.2 Å². The molecule has 0 amide bonds. The van der Waals surface area contributed by atoms with Crippen molar-refractivity contribution < 1.29 is 14.3 Å². The van der Waals surface area contributed by atoms with E-state index >= 15 is 0 Å². The van der Waals surface area contributed by atoms with E-state index in [0.29, 0.717) is 28.8 Å². The van der Waals surface area contributed by atoms with Gasteiger partial charge < -0.3 is 20.5 Å². The molecule has 0 fully saturated rings. The monoisotopic (exact) mass is 393 g/mol. The van der Waals surface area contributed by atoms with Crippen LogP contribution in [0.2, 0.25) is 0 Å². The molecule has 1 heterocycles. The second-order valence-electron chi connectivity index (χ2n) is 6.28. The summed E-state index contributed by atoms with van der Waals surface area (Å²) in [6.45, 7) is 3.63. The van der Waals surface area contributed by atoms with Crippen LogP contribution in [-0.2, 0) is 13.0 Å². The lowest BCUT2D eigenvalue weighted by Gasteiger charge is -2.12. The number of hydrogen-bond donors (Lipinski definition) is 2. The molecular formula is C21H23N5O3. The van der Waals surface area contributed by atoms with E-state index in [1.165, 1.54) is 14.0 Å². The second kappa shape index (κ2) is 9.01. The number of ketones is 1. The number of hydrogen-bond acceptors (Lipinski definition) is 8. The van der Waals surface area contributed by atoms with Crippen molar-refractivity contribution in [3.05, 3.63) is 59.4 Å². The fourth-order valence-electron chi connectivity index (χ4n) is 2.78. The Hall–Kier alpha value is -3.68. The zero-order valence-corrected chi connectivity index (χ0v) is 16.6. The Morgan fingerprint density at radius 2 is 1.90 bits per heavy atom. The van der Waals surface area contributed by atoms with Crippen LogP contribution in [0.25, 0.3) is 0 Å². The van der Waals surface area contributed by atoms with Gasteiger partial charge in [-0.1, -0.05) is 25.1 Å². The van der Waals surface area contributed by atoms with E-state index in [1.54, 1.807) is 18.2 Å². The Bertz CT molecular complexity index is 1020. The van der Waals surface area contributed by atoms with Crippen LogP contribution in [0.5, 0.6) is 11.5 Å². The SMILES string of the molecule is CCc1ccccc1Nc1nc(N)nc(COc2ccc(C(C)=O)cc2OC)n1. The third-order valence-electron chi connectivity index (χ3n) is 4.27. The number of Topliss-reactive ketones (excluding diaryl/α,β-unsaturated/α-hetero) is 1. The van der Waals surface area contributed by atoms with Gasteiger partial charge in [-0.2, -0.15) is 15.0 Å². The van der Waals surface area contributed by atoms with Crippen molar-refractivity contribution in [1.82, 2.24) is 15.0 Å². The molecule has 8 nitrogen and oxygen atoms in total. The quantitative estimate of drug-likeness (QED) is 0.559. The molecule has 3 rings (SSSR count). The van der Waals surface area contributed by atoms with E-state index in [0.717, 1.165) is 17.7 Å². The minimum absolute atomic E-state index is 0.0526. The Labute approximate surface area is 169 Å². The Morgan fingerprint density at radius 1 is 1.10 bits per heavy atom. The molecule has 3 aromatic rings. The van der Waals surface area contributed by atoms with Gasteiger partial charge in [-0.25, -0.2) is 0 Å². The van der Waals surface area contributed by atoms with Crippen LogP contribution in [0.15, 0.2) is 42.5 Å². The summed E-state index contributed by atoms with van der Waals surface area (Å²) in [6, 6.07) is 12.9. The van der Waals surface area contributed by atoms with Crippen LogP contribution in [-0.4, -0.2) is 27.8 Å². The van der Waals surface area contributed by atoms with Gasteiger partial charge in [0.2, 0.25) is 11.9 Å². The number of nitrogens with zero attached hydrogens (tertiary/aromatic N) is 3. The number of methoxy groups -OCH3 is 1. The smallest absolute Gasteiger partial charge is 0.232 e. The Morgan fingerprint density at radius 3 is 2.62 bits per heavy atom. The number of ether oxygens (including phenoxy) is 2. The lowest BCUT2D eigenvalue weighted by molar-refractivity contribution is 0.101. The number of aromatic nitrogens is 3. The van der Waals surface area contributed by atoms with E-state index in [4.69, 9.17) is 15.2 Å². The lowest BCUT2D eigenvalue weighted by atomic mass is 10.1. The summed E-state index contributed by atoms with van der Waals surface area (Å²) in [6.07, 6.45) is 0.871. The molecule has 8 heteroatoms. The molecule has 0 radical (unpaired) electrons. The lowest BCUT2D eigenvalue weighted by Crippen LogP contribution is -2.10. The average molecular weight is 393 g/mol. The first kappa shape index (κ1) is 20.1. The van der Waals surface area contributed by atoms with Gasteiger partial charge in [-0.05, 0) is 43.2 Å². The summed E-state index contributed by atoms with van der Waals surface area (Å²) < 4.78 is 11.1. The van der Waals surface area contributed by atoms with Gasteiger partial charge in [0.05, 0.1) is 7.11 Å². The van der Waals surface area contributed by atoms with Crippen molar-refractivity contribution in [2.45, 2.75) is 26.9 Å². The molecule has 0 aliphatic heterocycles. The van der Waals surface area contributed by atoms with Crippen molar-refractivity contribution in [1.29, 1.82) is 0 Å². The highest BCUT2D eigenvalue weighted by molar-refractivity contribution is 5.94. The molecule has 29 heavy (non-hydrogen) atoms. The van der Waals surface area contributed by atoms with Gasteiger partial charge in [0, 0.05) is 11.3 Å². The van der Waals surface area contributed by atoms with E-state index < -0.39 is 0 Å². The van der Waals surface area contributed by atoms with Crippen LogP contribution in [0.3, 0.4) is 0 Å². The van der Waals surface area contributed by atoms with Crippen LogP contribution >= 0.6 is 0 Å². The highest BCUT2D eigenvalue weighted by Gasteiger charge is 2.11. The first-order valence-corrected chi connectivity index (χ1v) is 9.17. The third kappa shape index (κ3) is 4.98. The fraction of sp³-hybridized carbons (Fsp3) is 0.238. The van der Waals surface area contributed by atoms with Crippen molar-refractivity contribution in [3.8, 4) is 11.5 Å². The summed E-state index contributed by atoms with van der Waals surface area (Å²) in [7, 11) is 1.51. The number of para-hydroxylation sites is 1. The molecule has 3 N–H and O–H groups in total. The van der Waals surface area contributed by atoms with Gasteiger partial charge in [-0.3, -0.25) is 4.79 Å². The average Bonchev–Trinajstić information content (AvgIpc) is 2.72. The first-order chi connectivity index (χ1) is 14.0. The maximum atomic E-state index is 11.5. The number of rotatable bonds is 8. The number of carbonyl (C=O) groups is 1. The summed E-state index contributed by atoms with van der Waals surface area (Å²) in [5.74, 6) is 1.68. The minimum Gasteiger partial charge on any atom is -0.493 e.